The van der Waals surface area contributed by atoms with Gasteiger partial charge in [-0.2, -0.15) is 0 Å². The maximum absolute atomic E-state index is 12.9. The molecule has 1 aliphatic heterocycles. The van der Waals surface area contributed by atoms with Gasteiger partial charge in [-0.3, -0.25) is 19.8 Å². The van der Waals surface area contributed by atoms with E-state index in [0.29, 0.717) is 10.0 Å². The molecule has 1 aromatic heterocycles. The Hall–Kier alpha value is -1.54. The number of carbonyl (C=O) groups is 2. The summed E-state index contributed by atoms with van der Waals surface area (Å²) < 4.78 is 1.48. The molecule has 1 aromatic carbocycles. The fourth-order valence-corrected chi connectivity index (χ4v) is 4.05. The molecular formula is C16H10BrClN2O2S2. The number of hydrogen-bond donors (Lipinski definition) is 1. The number of rotatable bonds is 2. The summed E-state index contributed by atoms with van der Waals surface area (Å²) in [5.74, 6) is -0.973. The van der Waals surface area contributed by atoms with Gasteiger partial charge < -0.3 is 0 Å². The van der Waals surface area contributed by atoms with E-state index >= 15 is 0 Å². The Kier molecular flexibility index (Phi) is 4.87. The number of aryl methyl sites for hydroxylation is 1. The first-order chi connectivity index (χ1) is 11.4. The van der Waals surface area contributed by atoms with Gasteiger partial charge in [-0.1, -0.05) is 27.5 Å². The van der Waals surface area contributed by atoms with Gasteiger partial charge in [0.15, 0.2) is 5.11 Å². The summed E-state index contributed by atoms with van der Waals surface area (Å²) in [7, 11) is 0. The van der Waals surface area contributed by atoms with Crippen molar-refractivity contribution < 1.29 is 9.59 Å². The summed E-state index contributed by atoms with van der Waals surface area (Å²) in [4.78, 5) is 27.1. The van der Waals surface area contributed by atoms with Crippen molar-refractivity contribution in [2.75, 3.05) is 4.90 Å². The van der Waals surface area contributed by atoms with Crippen molar-refractivity contribution in [2.24, 2.45) is 0 Å². The van der Waals surface area contributed by atoms with Crippen LogP contribution in [0.25, 0.3) is 6.08 Å². The Morgan fingerprint density at radius 3 is 2.67 bits per heavy atom. The van der Waals surface area contributed by atoms with E-state index in [1.165, 1.54) is 22.3 Å². The minimum atomic E-state index is -0.513. The van der Waals surface area contributed by atoms with Gasteiger partial charge in [0.1, 0.15) is 5.57 Å². The molecule has 122 valence electrons. The molecule has 0 radical (unpaired) electrons. The molecule has 1 N–H and O–H groups in total. The highest BCUT2D eigenvalue weighted by atomic mass is 79.9. The van der Waals surface area contributed by atoms with E-state index in [4.69, 9.17) is 23.8 Å². The largest absolute Gasteiger partial charge is 0.298 e. The molecule has 2 amide bonds. The van der Waals surface area contributed by atoms with Crippen LogP contribution in [-0.2, 0) is 9.59 Å². The number of amides is 2. The second kappa shape index (κ2) is 6.76. The van der Waals surface area contributed by atoms with Crippen LogP contribution in [0.3, 0.4) is 0 Å². The van der Waals surface area contributed by atoms with Crippen LogP contribution in [0.1, 0.15) is 10.4 Å². The van der Waals surface area contributed by atoms with Crippen LogP contribution in [-0.4, -0.2) is 16.9 Å². The van der Waals surface area contributed by atoms with Crippen LogP contribution in [0.5, 0.6) is 0 Å². The number of anilines is 1. The summed E-state index contributed by atoms with van der Waals surface area (Å²) in [5.41, 5.74) is 1.50. The molecule has 0 aliphatic carbocycles. The lowest BCUT2D eigenvalue weighted by atomic mass is 10.1. The third-order valence-corrected chi connectivity index (χ3v) is 5.34. The molecule has 0 unspecified atom stereocenters. The smallest absolute Gasteiger partial charge is 0.270 e. The van der Waals surface area contributed by atoms with Crippen LogP contribution in [0, 0.1) is 6.92 Å². The van der Waals surface area contributed by atoms with Gasteiger partial charge >= 0.3 is 0 Å². The van der Waals surface area contributed by atoms with Gasteiger partial charge in [0.05, 0.1) is 10.0 Å². The number of benzene rings is 1. The van der Waals surface area contributed by atoms with E-state index < -0.39 is 11.8 Å². The Labute approximate surface area is 161 Å². The first kappa shape index (κ1) is 17.3. The van der Waals surface area contributed by atoms with Gasteiger partial charge in [-0.15, -0.1) is 11.3 Å². The summed E-state index contributed by atoms with van der Waals surface area (Å²) in [6.45, 7) is 1.87. The molecule has 8 heteroatoms. The van der Waals surface area contributed by atoms with E-state index in [0.717, 1.165) is 14.9 Å². The number of halogens is 2. The van der Waals surface area contributed by atoms with Crippen LogP contribution in [0.15, 0.2) is 40.4 Å². The van der Waals surface area contributed by atoms with Crippen molar-refractivity contribution in [3.8, 4) is 0 Å². The van der Waals surface area contributed by atoms with Crippen molar-refractivity contribution in [3.05, 3.63) is 55.2 Å². The average Bonchev–Trinajstić information content (AvgIpc) is 2.91. The zero-order valence-electron chi connectivity index (χ0n) is 12.3. The Morgan fingerprint density at radius 1 is 1.29 bits per heavy atom. The number of nitrogens with one attached hydrogen (secondary N) is 1. The minimum absolute atomic E-state index is 0.0180. The molecule has 0 bridgehead atoms. The van der Waals surface area contributed by atoms with Gasteiger partial charge in [0.2, 0.25) is 0 Å². The maximum atomic E-state index is 12.9. The summed E-state index contributed by atoms with van der Waals surface area (Å²) in [6, 6.07) is 8.94. The molecule has 24 heavy (non-hydrogen) atoms. The van der Waals surface area contributed by atoms with Crippen molar-refractivity contribution in [1.29, 1.82) is 0 Å². The monoisotopic (exact) mass is 440 g/mol. The van der Waals surface area contributed by atoms with E-state index in [1.54, 1.807) is 18.2 Å². The second-order valence-electron chi connectivity index (χ2n) is 5.03. The Morgan fingerprint density at radius 2 is 2.04 bits per heavy atom. The highest BCUT2D eigenvalue weighted by Gasteiger charge is 2.35. The molecule has 0 atom stereocenters. The highest BCUT2D eigenvalue weighted by molar-refractivity contribution is 9.10. The lowest BCUT2D eigenvalue weighted by molar-refractivity contribution is -0.122. The van der Waals surface area contributed by atoms with Crippen LogP contribution in [0.2, 0.25) is 4.34 Å². The minimum Gasteiger partial charge on any atom is -0.298 e. The van der Waals surface area contributed by atoms with Gasteiger partial charge in [0.25, 0.3) is 11.8 Å². The van der Waals surface area contributed by atoms with Crippen molar-refractivity contribution in [3.63, 3.8) is 0 Å². The number of carbonyl (C=O) groups excluding carboxylic acids is 2. The Bertz CT molecular complexity index is 907. The normalized spacial score (nSPS) is 16.7. The van der Waals surface area contributed by atoms with E-state index in [1.807, 2.05) is 19.1 Å². The molecule has 0 saturated carbocycles. The first-order valence-electron chi connectivity index (χ1n) is 6.80. The number of thiocarbonyl (C=S) groups is 1. The zero-order chi connectivity index (χ0) is 17.4. The molecule has 4 nitrogen and oxygen atoms in total. The number of hydrogen-bond acceptors (Lipinski definition) is 4. The SMILES string of the molecule is Cc1cc(Br)ccc1N1C(=O)/C(=C/c2ccc(Cl)s2)C(=O)NC1=S. The van der Waals surface area contributed by atoms with Gasteiger partial charge in [-0.25, -0.2) is 0 Å². The van der Waals surface area contributed by atoms with E-state index in [-0.39, 0.29) is 10.7 Å². The second-order valence-corrected chi connectivity index (χ2v) is 8.08. The molecule has 0 spiro atoms. The molecule has 3 rings (SSSR count). The maximum Gasteiger partial charge on any atom is 0.270 e. The standard InChI is InChI=1S/C16H10BrClN2O2S2/c1-8-6-9(17)2-4-12(8)20-15(22)11(14(21)19-16(20)23)7-10-3-5-13(18)24-10/h2-7H,1H3,(H,19,21,23)/b11-7+. The van der Waals surface area contributed by atoms with Crippen LogP contribution in [0.4, 0.5) is 5.69 Å². The van der Waals surface area contributed by atoms with Crippen molar-refractivity contribution in [2.45, 2.75) is 6.92 Å². The molecule has 1 saturated heterocycles. The van der Waals surface area contributed by atoms with E-state index in [2.05, 4.69) is 21.2 Å². The van der Waals surface area contributed by atoms with Gasteiger partial charge in [0, 0.05) is 9.35 Å². The predicted molar refractivity (Wildman–Crippen MR) is 104 cm³/mol. The fourth-order valence-electron chi connectivity index (χ4n) is 2.29. The summed E-state index contributed by atoms with van der Waals surface area (Å²) in [6.07, 6.45) is 1.52. The first-order valence-corrected chi connectivity index (χ1v) is 9.19. The summed E-state index contributed by atoms with van der Waals surface area (Å²) in [5, 5.41) is 2.63. The molecule has 2 aromatic rings. The van der Waals surface area contributed by atoms with Crippen molar-refractivity contribution in [1.82, 2.24) is 5.32 Å². The summed E-state index contributed by atoms with van der Waals surface area (Å²) >= 11 is 15.8. The van der Waals surface area contributed by atoms with Crippen molar-refractivity contribution >= 4 is 79.8 Å². The number of nitrogens with zero attached hydrogens (tertiary/aromatic N) is 1. The average molecular weight is 442 g/mol. The lowest BCUT2D eigenvalue weighted by Gasteiger charge is -2.30. The predicted octanol–water partition coefficient (Wildman–Crippen LogP) is 4.30. The molecule has 2 heterocycles. The third kappa shape index (κ3) is 3.30. The van der Waals surface area contributed by atoms with Crippen LogP contribution >= 0.6 is 51.1 Å². The van der Waals surface area contributed by atoms with Gasteiger partial charge in [-0.05, 0) is 61.1 Å². The highest BCUT2D eigenvalue weighted by Crippen LogP contribution is 2.29. The molecule has 1 fully saturated rings. The van der Waals surface area contributed by atoms with E-state index in [9.17, 15) is 9.59 Å². The van der Waals surface area contributed by atoms with Crippen LogP contribution < -0.4 is 10.2 Å². The topological polar surface area (TPSA) is 49.4 Å². The molecular weight excluding hydrogens is 432 g/mol. The quantitative estimate of drug-likeness (QED) is 0.429. The Balaban J connectivity index is 2.04. The number of thiophene rings is 1. The fraction of sp³-hybridized carbons (Fsp3) is 0.0625. The zero-order valence-corrected chi connectivity index (χ0v) is 16.3. The third-order valence-electron chi connectivity index (χ3n) is 3.38. The lowest BCUT2D eigenvalue weighted by Crippen LogP contribution is -2.54. The molecule has 1 aliphatic rings.